The van der Waals surface area contributed by atoms with Crippen LogP contribution in [0.4, 0.5) is 5.69 Å². The van der Waals surface area contributed by atoms with Gasteiger partial charge in [-0.2, -0.15) is 5.10 Å². The standard InChI is InChI=1S/C16H21N3O/c1-11(2)19-16(15(20-3)10-18-19)13-7-6-12-5-4-8-17-14(12)9-13/h6-7,9-11,17H,4-5,8H2,1-3H3. The van der Waals surface area contributed by atoms with Crippen LogP contribution in [0.2, 0.25) is 0 Å². The summed E-state index contributed by atoms with van der Waals surface area (Å²) in [6.45, 7) is 5.32. The summed E-state index contributed by atoms with van der Waals surface area (Å²) in [4.78, 5) is 0. The molecule has 106 valence electrons. The molecule has 0 radical (unpaired) electrons. The number of nitrogens with zero attached hydrogens (tertiary/aromatic N) is 2. The Morgan fingerprint density at radius 3 is 2.95 bits per heavy atom. The van der Waals surface area contributed by atoms with Gasteiger partial charge in [0, 0.05) is 23.8 Å². The Hall–Kier alpha value is -1.97. The summed E-state index contributed by atoms with van der Waals surface area (Å²) >= 11 is 0. The fraction of sp³-hybridized carbons (Fsp3) is 0.438. The van der Waals surface area contributed by atoms with Crippen molar-refractivity contribution in [3.63, 3.8) is 0 Å². The monoisotopic (exact) mass is 271 g/mol. The molecule has 1 N–H and O–H groups in total. The van der Waals surface area contributed by atoms with E-state index in [2.05, 4.69) is 42.5 Å². The number of fused-ring (bicyclic) bond motifs is 1. The van der Waals surface area contributed by atoms with Gasteiger partial charge in [-0.3, -0.25) is 4.68 Å². The van der Waals surface area contributed by atoms with E-state index in [0.717, 1.165) is 30.0 Å². The van der Waals surface area contributed by atoms with Crippen molar-refractivity contribution in [3.8, 4) is 17.0 Å². The van der Waals surface area contributed by atoms with E-state index >= 15 is 0 Å². The average molecular weight is 271 g/mol. The summed E-state index contributed by atoms with van der Waals surface area (Å²) in [7, 11) is 1.70. The molecule has 4 heteroatoms. The van der Waals surface area contributed by atoms with E-state index in [9.17, 15) is 0 Å². The number of ether oxygens (including phenoxy) is 1. The predicted molar refractivity (Wildman–Crippen MR) is 81.4 cm³/mol. The molecule has 0 unspecified atom stereocenters. The molecule has 1 aliphatic rings. The van der Waals surface area contributed by atoms with Gasteiger partial charge in [0.1, 0.15) is 5.69 Å². The van der Waals surface area contributed by atoms with Gasteiger partial charge in [0.25, 0.3) is 0 Å². The number of hydrogen-bond donors (Lipinski definition) is 1. The topological polar surface area (TPSA) is 39.1 Å². The van der Waals surface area contributed by atoms with E-state index in [1.54, 1.807) is 13.3 Å². The lowest BCUT2D eigenvalue weighted by Crippen LogP contribution is -2.12. The summed E-state index contributed by atoms with van der Waals surface area (Å²) in [5, 5.41) is 7.93. The Labute approximate surface area is 119 Å². The molecule has 4 nitrogen and oxygen atoms in total. The summed E-state index contributed by atoms with van der Waals surface area (Å²) in [5.41, 5.74) is 4.85. The van der Waals surface area contributed by atoms with Crippen LogP contribution in [0, 0.1) is 0 Å². The van der Waals surface area contributed by atoms with Gasteiger partial charge in [-0.25, -0.2) is 0 Å². The Balaban J connectivity index is 2.10. The van der Waals surface area contributed by atoms with E-state index < -0.39 is 0 Å². The van der Waals surface area contributed by atoms with Crippen LogP contribution in [-0.2, 0) is 6.42 Å². The lowest BCUT2D eigenvalue weighted by Gasteiger charge is -2.20. The van der Waals surface area contributed by atoms with Gasteiger partial charge in [0.2, 0.25) is 0 Å². The van der Waals surface area contributed by atoms with Crippen molar-refractivity contribution in [2.45, 2.75) is 32.7 Å². The van der Waals surface area contributed by atoms with Gasteiger partial charge in [0.15, 0.2) is 5.75 Å². The van der Waals surface area contributed by atoms with Crippen LogP contribution in [0.1, 0.15) is 31.9 Å². The van der Waals surface area contributed by atoms with E-state index in [1.165, 1.54) is 17.7 Å². The third-order valence-electron chi connectivity index (χ3n) is 3.79. The third-order valence-corrected chi connectivity index (χ3v) is 3.79. The largest absolute Gasteiger partial charge is 0.493 e. The molecule has 3 rings (SSSR count). The highest BCUT2D eigenvalue weighted by Crippen LogP contribution is 2.35. The summed E-state index contributed by atoms with van der Waals surface area (Å²) < 4.78 is 7.49. The summed E-state index contributed by atoms with van der Waals surface area (Å²) in [6, 6.07) is 6.91. The van der Waals surface area contributed by atoms with Gasteiger partial charge in [-0.05, 0) is 38.3 Å². The van der Waals surface area contributed by atoms with E-state index in [-0.39, 0.29) is 0 Å². The number of aromatic nitrogens is 2. The van der Waals surface area contributed by atoms with E-state index in [0.29, 0.717) is 6.04 Å². The van der Waals surface area contributed by atoms with Crippen LogP contribution in [-0.4, -0.2) is 23.4 Å². The number of hydrogen-bond acceptors (Lipinski definition) is 3. The van der Waals surface area contributed by atoms with Crippen molar-refractivity contribution >= 4 is 5.69 Å². The quantitative estimate of drug-likeness (QED) is 0.928. The van der Waals surface area contributed by atoms with Gasteiger partial charge >= 0.3 is 0 Å². The van der Waals surface area contributed by atoms with Crippen molar-refractivity contribution in [3.05, 3.63) is 30.0 Å². The molecule has 2 heterocycles. The molecule has 1 aliphatic heterocycles. The van der Waals surface area contributed by atoms with Gasteiger partial charge in [-0.1, -0.05) is 12.1 Å². The normalized spacial score (nSPS) is 14.0. The molecular formula is C16H21N3O. The minimum absolute atomic E-state index is 0.304. The maximum absolute atomic E-state index is 5.47. The highest BCUT2D eigenvalue weighted by molar-refractivity contribution is 5.72. The lowest BCUT2D eigenvalue weighted by atomic mass is 10.00. The number of aryl methyl sites for hydroxylation is 1. The van der Waals surface area contributed by atoms with Crippen LogP contribution in [0.25, 0.3) is 11.3 Å². The predicted octanol–water partition coefficient (Wildman–Crippen LogP) is 3.50. The second-order valence-electron chi connectivity index (χ2n) is 5.50. The zero-order chi connectivity index (χ0) is 14.1. The van der Waals surface area contributed by atoms with Crippen molar-refractivity contribution in [2.75, 3.05) is 19.0 Å². The molecule has 0 saturated heterocycles. The zero-order valence-corrected chi connectivity index (χ0v) is 12.3. The number of methoxy groups -OCH3 is 1. The lowest BCUT2D eigenvalue weighted by molar-refractivity contribution is 0.415. The van der Waals surface area contributed by atoms with Crippen molar-refractivity contribution in [1.82, 2.24) is 9.78 Å². The molecule has 0 saturated carbocycles. The minimum Gasteiger partial charge on any atom is -0.493 e. The van der Waals surface area contributed by atoms with Crippen LogP contribution in [0.15, 0.2) is 24.4 Å². The Morgan fingerprint density at radius 1 is 1.35 bits per heavy atom. The number of nitrogens with one attached hydrogen (secondary N) is 1. The molecule has 0 bridgehead atoms. The fourth-order valence-corrected chi connectivity index (χ4v) is 2.77. The van der Waals surface area contributed by atoms with Crippen molar-refractivity contribution < 1.29 is 4.74 Å². The van der Waals surface area contributed by atoms with Crippen LogP contribution in [0.3, 0.4) is 0 Å². The number of anilines is 1. The first-order valence-corrected chi connectivity index (χ1v) is 7.19. The smallest absolute Gasteiger partial charge is 0.164 e. The molecule has 0 atom stereocenters. The molecule has 2 aromatic rings. The fourth-order valence-electron chi connectivity index (χ4n) is 2.77. The molecule has 0 amide bonds. The van der Waals surface area contributed by atoms with Gasteiger partial charge in [0.05, 0.1) is 13.3 Å². The first kappa shape index (κ1) is 13.0. The average Bonchev–Trinajstić information content (AvgIpc) is 2.90. The minimum atomic E-state index is 0.304. The first-order chi connectivity index (χ1) is 9.70. The van der Waals surface area contributed by atoms with Crippen LogP contribution < -0.4 is 10.1 Å². The third kappa shape index (κ3) is 2.15. The van der Waals surface area contributed by atoms with Crippen LogP contribution in [0.5, 0.6) is 5.75 Å². The maximum atomic E-state index is 5.47. The van der Waals surface area contributed by atoms with Crippen molar-refractivity contribution in [1.29, 1.82) is 0 Å². The number of benzene rings is 1. The van der Waals surface area contributed by atoms with Crippen LogP contribution >= 0.6 is 0 Å². The molecule has 20 heavy (non-hydrogen) atoms. The SMILES string of the molecule is COc1cnn(C(C)C)c1-c1ccc2c(c1)NCCC2. The van der Waals surface area contributed by atoms with Crippen molar-refractivity contribution in [2.24, 2.45) is 0 Å². The molecule has 0 spiro atoms. The zero-order valence-electron chi connectivity index (χ0n) is 12.3. The second-order valence-corrected chi connectivity index (χ2v) is 5.50. The van der Waals surface area contributed by atoms with E-state index in [1.807, 2.05) is 4.68 Å². The maximum Gasteiger partial charge on any atom is 0.164 e. The molecule has 0 fully saturated rings. The Bertz CT molecular complexity index is 616. The van der Waals surface area contributed by atoms with E-state index in [4.69, 9.17) is 4.74 Å². The molecular weight excluding hydrogens is 250 g/mol. The van der Waals surface area contributed by atoms with Gasteiger partial charge in [-0.15, -0.1) is 0 Å². The van der Waals surface area contributed by atoms with Gasteiger partial charge < -0.3 is 10.1 Å². The first-order valence-electron chi connectivity index (χ1n) is 7.19. The second kappa shape index (κ2) is 5.19. The highest BCUT2D eigenvalue weighted by atomic mass is 16.5. The summed E-state index contributed by atoms with van der Waals surface area (Å²) in [6.07, 6.45) is 4.16. The number of rotatable bonds is 3. The summed E-state index contributed by atoms with van der Waals surface area (Å²) in [5.74, 6) is 0.828. The molecule has 1 aromatic carbocycles. The Morgan fingerprint density at radius 2 is 2.20 bits per heavy atom. The highest BCUT2D eigenvalue weighted by Gasteiger charge is 2.17. The molecule has 1 aromatic heterocycles. The molecule has 0 aliphatic carbocycles. The Kier molecular flexibility index (Phi) is 3.38.